The summed E-state index contributed by atoms with van der Waals surface area (Å²) in [4.78, 5) is 11.4. The average molecular weight is 221 g/mol. The lowest BCUT2D eigenvalue weighted by molar-refractivity contribution is 0.200. The topological polar surface area (TPSA) is 38.3 Å². The molecule has 0 heterocycles. The first-order valence-corrected chi connectivity index (χ1v) is 5.69. The maximum atomic E-state index is 11.4. The van der Waals surface area contributed by atoms with E-state index < -0.39 is 0 Å². The van der Waals surface area contributed by atoms with Gasteiger partial charge in [0.2, 0.25) is 0 Å². The zero-order chi connectivity index (χ0) is 12.0. The molecule has 1 amide bonds. The molecule has 3 nitrogen and oxygen atoms in total. The quantitative estimate of drug-likeness (QED) is 0.847. The monoisotopic (exact) mass is 221 g/mol. The number of carbonyl (C=O) groups excluding carboxylic acids is 1. The van der Waals surface area contributed by atoms with Crippen molar-refractivity contribution in [1.29, 1.82) is 0 Å². The molecule has 88 valence electrons. The first-order chi connectivity index (χ1) is 7.65. The van der Waals surface area contributed by atoms with Gasteiger partial charge in [-0.2, -0.15) is 0 Å². The van der Waals surface area contributed by atoms with Crippen molar-refractivity contribution >= 4 is 6.09 Å². The molecular weight excluding hydrogens is 202 g/mol. The van der Waals surface area contributed by atoms with Crippen molar-refractivity contribution in [3.05, 3.63) is 29.8 Å². The van der Waals surface area contributed by atoms with Gasteiger partial charge in [-0.05, 0) is 24.0 Å². The molecule has 1 rings (SSSR count). The Hall–Kier alpha value is -1.51. The Morgan fingerprint density at radius 1 is 1.38 bits per heavy atom. The molecule has 0 saturated heterocycles. The summed E-state index contributed by atoms with van der Waals surface area (Å²) >= 11 is 0. The van der Waals surface area contributed by atoms with Crippen molar-refractivity contribution in [2.45, 2.75) is 33.1 Å². The van der Waals surface area contributed by atoms with Gasteiger partial charge >= 0.3 is 6.09 Å². The summed E-state index contributed by atoms with van der Waals surface area (Å²) in [5, 5.41) is 2.69. The van der Waals surface area contributed by atoms with E-state index in [4.69, 9.17) is 4.74 Å². The molecule has 1 aromatic carbocycles. The molecule has 0 spiro atoms. The second-order valence-electron chi connectivity index (χ2n) is 4.01. The first kappa shape index (κ1) is 12.6. The summed E-state index contributed by atoms with van der Waals surface area (Å²) in [6.07, 6.45) is 0.524. The van der Waals surface area contributed by atoms with Crippen molar-refractivity contribution in [1.82, 2.24) is 5.32 Å². The smallest absolute Gasteiger partial charge is 0.410 e. The van der Waals surface area contributed by atoms with Gasteiger partial charge in [-0.3, -0.25) is 0 Å². The van der Waals surface area contributed by atoms with Gasteiger partial charge < -0.3 is 10.1 Å². The van der Waals surface area contributed by atoms with Crippen LogP contribution < -0.4 is 10.1 Å². The van der Waals surface area contributed by atoms with E-state index in [0.29, 0.717) is 18.2 Å². The molecule has 0 radical (unpaired) electrons. The summed E-state index contributed by atoms with van der Waals surface area (Å²) in [5.74, 6) is 0.987. The molecule has 1 N–H and O–H groups in total. The van der Waals surface area contributed by atoms with Crippen LogP contribution in [0.3, 0.4) is 0 Å². The maximum absolute atomic E-state index is 11.4. The second-order valence-corrected chi connectivity index (χ2v) is 4.01. The maximum Gasteiger partial charge on any atom is 0.412 e. The molecular formula is C13H19NO2. The van der Waals surface area contributed by atoms with Crippen LogP contribution in [0.5, 0.6) is 5.75 Å². The van der Waals surface area contributed by atoms with E-state index in [1.54, 1.807) is 0 Å². The Morgan fingerprint density at radius 2 is 2.06 bits per heavy atom. The lowest BCUT2D eigenvalue weighted by atomic mass is 10.0. The minimum atomic E-state index is -0.380. The number of hydrogen-bond acceptors (Lipinski definition) is 2. The van der Waals surface area contributed by atoms with Crippen LogP contribution in [0.2, 0.25) is 0 Å². The summed E-state index contributed by atoms with van der Waals surface area (Å²) in [6, 6.07) is 7.62. The van der Waals surface area contributed by atoms with E-state index in [0.717, 1.165) is 12.0 Å². The van der Waals surface area contributed by atoms with Crippen LogP contribution in [0.25, 0.3) is 0 Å². The third-order valence-corrected chi connectivity index (χ3v) is 2.26. The lowest BCUT2D eigenvalue weighted by Crippen LogP contribution is -2.27. The van der Waals surface area contributed by atoms with E-state index in [-0.39, 0.29) is 6.09 Å². The molecule has 0 aromatic heterocycles. The standard InChI is InChI=1S/C13H19NO2/c1-4-9-14-13(15)16-12-8-6-5-7-11(12)10(2)3/h5-8,10H,4,9H2,1-3H3,(H,14,15). The predicted octanol–water partition coefficient (Wildman–Crippen LogP) is 3.31. The third kappa shape index (κ3) is 3.57. The highest BCUT2D eigenvalue weighted by Crippen LogP contribution is 2.25. The van der Waals surface area contributed by atoms with Crippen LogP contribution in [-0.4, -0.2) is 12.6 Å². The summed E-state index contributed by atoms with van der Waals surface area (Å²) in [6.45, 7) is 6.79. The highest BCUT2D eigenvalue weighted by molar-refractivity contribution is 5.70. The number of ether oxygens (including phenoxy) is 1. The number of hydrogen-bond donors (Lipinski definition) is 1. The van der Waals surface area contributed by atoms with Crippen LogP contribution in [0.4, 0.5) is 4.79 Å². The first-order valence-electron chi connectivity index (χ1n) is 5.69. The highest BCUT2D eigenvalue weighted by Gasteiger charge is 2.10. The molecule has 0 aliphatic rings. The summed E-state index contributed by atoms with van der Waals surface area (Å²) in [5.41, 5.74) is 1.05. The molecule has 0 atom stereocenters. The number of amides is 1. The zero-order valence-corrected chi connectivity index (χ0v) is 10.1. The fourth-order valence-corrected chi connectivity index (χ4v) is 1.41. The van der Waals surface area contributed by atoms with Gasteiger partial charge in [0.25, 0.3) is 0 Å². The van der Waals surface area contributed by atoms with E-state index in [9.17, 15) is 4.79 Å². The van der Waals surface area contributed by atoms with E-state index in [1.165, 1.54) is 0 Å². The number of benzene rings is 1. The Bertz CT molecular complexity index is 348. The predicted molar refractivity (Wildman–Crippen MR) is 64.8 cm³/mol. The van der Waals surface area contributed by atoms with E-state index >= 15 is 0 Å². The van der Waals surface area contributed by atoms with E-state index in [1.807, 2.05) is 31.2 Å². The normalized spacial score (nSPS) is 10.2. The Labute approximate surface area is 96.8 Å². The van der Waals surface area contributed by atoms with Crippen LogP contribution >= 0.6 is 0 Å². The largest absolute Gasteiger partial charge is 0.412 e. The molecule has 0 saturated carbocycles. The lowest BCUT2D eigenvalue weighted by Gasteiger charge is -2.12. The van der Waals surface area contributed by atoms with Crippen LogP contribution in [0, 0.1) is 0 Å². The van der Waals surface area contributed by atoms with Gasteiger partial charge in [-0.25, -0.2) is 4.79 Å². The molecule has 0 fully saturated rings. The summed E-state index contributed by atoms with van der Waals surface area (Å²) < 4.78 is 5.26. The van der Waals surface area contributed by atoms with Gasteiger partial charge in [0.15, 0.2) is 0 Å². The molecule has 16 heavy (non-hydrogen) atoms. The molecule has 0 aliphatic carbocycles. The Kier molecular flexibility index (Phi) is 4.83. The number of rotatable bonds is 4. The number of nitrogens with one attached hydrogen (secondary N) is 1. The van der Waals surface area contributed by atoms with Crippen molar-refractivity contribution in [3.8, 4) is 5.75 Å². The molecule has 3 heteroatoms. The highest BCUT2D eigenvalue weighted by atomic mass is 16.6. The van der Waals surface area contributed by atoms with Gasteiger partial charge in [0.1, 0.15) is 5.75 Å². The Balaban J connectivity index is 2.69. The fourth-order valence-electron chi connectivity index (χ4n) is 1.41. The van der Waals surface area contributed by atoms with E-state index in [2.05, 4.69) is 19.2 Å². The van der Waals surface area contributed by atoms with Gasteiger partial charge in [-0.15, -0.1) is 0 Å². The number of para-hydroxylation sites is 1. The van der Waals surface area contributed by atoms with Gasteiger partial charge in [0.05, 0.1) is 0 Å². The van der Waals surface area contributed by atoms with Crippen molar-refractivity contribution in [2.24, 2.45) is 0 Å². The molecule has 1 aromatic rings. The van der Waals surface area contributed by atoms with Gasteiger partial charge in [0, 0.05) is 6.54 Å². The number of carbonyl (C=O) groups is 1. The average Bonchev–Trinajstić information content (AvgIpc) is 2.27. The van der Waals surface area contributed by atoms with Crippen molar-refractivity contribution in [2.75, 3.05) is 6.54 Å². The Morgan fingerprint density at radius 3 is 2.69 bits per heavy atom. The molecule has 0 bridgehead atoms. The molecule has 0 aliphatic heterocycles. The minimum absolute atomic E-state index is 0.343. The van der Waals surface area contributed by atoms with Crippen molar-refractivity contribution < 1.29 is 9.53 Å². The molecule has 0 unspecified atom stereocenters. The SMILES string of the molecule is CCCNC(=O)Oc1ccccc1C(C)C. The van der Waals surface area contributed by atoms with Crippen LogP contribution in [0.15, 0.2) is 24.3 Å². The fraction of sp³-hybridized carbons (Fsp3) is 0.462. The van der Waals surface area contributed by atoms with Crippen LogP contribution in [-0.2, 0) is 0 Å². The van der Waals surface area contributed by atoms with Crippen molar-refractivity contribution in [3.63, 3.8) is 0 Å². The van der Waals surface area contributed by atoms with Crippen LogP contribution in [0.1, 0.15) is 38.7 Å². The zero-order valence-electron chi connectivity index (χ0n) is 10.1. The third-order valence-electron chi connectivity index (χ3n) is 2.26. The van der Waals surface area contributed by atoms with Gasteiger partial charge in [-0.1, -0.05) is 39.0 Å². The minimum Gasteiger partial charge on any atom is -0.410 e. The summed E-state index contributed by atoms with van der Waals surface area (Å²) in [7, 11) is 0. The second kappa shape index (κ2) is 6.16.